The molecule has 0 aromatic rings. The lowest BCUT2D eigenvalue weighted by Gasteiger charge is -2.04. The van der Waals surface area contributed by atoms with Crippen LogP contribution in [-0.2, 0) is 0 Å². The Kier molecular flexibility index (Phi) is 14.8. The minimum Gasteiger partial charge on any atom is -0.317 e. The van der Waals surface area contributed by atoms with Crippen molar-refractivity contribution in [1.29, 1.82) is 0 Å². The summed E-state index contributed by atoms with van der Waals surface area (Å²) in [4.78, 5) is 0. The minimum absolute atomic E-state index is 1.18. The lowest BCUT2D eigenvalue weighted by molar-refractivity contribution is 0.548. The first-order valence-electron chi connectivity index (χ1n) is 7.33. The third-order valence-corrected chi connectivity index (χ3v) is 2.81. The van der Waals surface area contributed by atoms with E-state index in [2.05, 4.69) is 24.5 Å². The molecule has 0 unspecified atom stereocenters. The van der Waals surface area contributed by atoms with E-state index in [1.54, 1.807) is 0 Å². The Hall–Kier alpha value is -0.0800. The molecule has 0 radical (unpaired) electrons. The van der Waals surface area contributed by atoms with E-state index in [9.17, 15) is 0 Å². The van der Waals surface area contributed by atoms with Crippen molar-refractivity contribution < 1.29 is 0 Å². The van der Waals surface area contributed by atoms with Gasteiger partial charge in [-0.25, -0.2) is 0 Å². The Bertz CT molecular complexity index is 101. The molecule has 2 nitrogen and oxygen atoms in total. The van der Waals surface area contributed by atoms with Crippen molar-refractivity contribution >= 4 is 0 Å². The van der Waals surface area contributed by atoms with E-state index in [0.717, 1.165) is 0 Å². The Labute approximate surface area is 103 Å². The lowest BCUT2D eigenvalue weighted by Crippen LogP contribution is -2.16. The highest BCUT2D eigenvalue weighted by molar-refractivity contribution is 4.51. The minimum atomic E-state index is 1.18. The van der Waals surface area contributed by atoms with Gasteiger partial charge in [0.1, 0.15) is 0 Å². The number of hydrogen-bond acceptors (Lipinski definition) is 2. The number of nitrogens with one attached hydrogen (secondary N) is 2. The molecule has 0 atom stereocenters. The van der Waals surface area contributed by atoms with Gasteiger partial charge in [0.2, 0.25) is 0 Å². The zero-order valence-electron chi connectivity index (χ0n) is 11.5. The molecule has 0 aliphatic rings. The van der Waals surface area contributed by atoms with Gasteiger partial charge in [-0.1, -0.05) is 39.5 Å². The molecular formula is C14H32N2. The molecule has 0 bridgehead atoms. The second kappa shape index (κ2) is 14.9. The van der Waals surface area contributed by atoms with Gasteiger partial charge in [-0.3, -0.25) is 0 Å². The number of rotatable bonds is 13. The van der Waals surface area contributed by atoms with Crippen LogP contribution in [0.25, 0.3) is 0 Å². The van der Waals surface area contributed by atoms with Crippen LogP contribution in [0.3, 0.4) is 0 Å². The summed E-state index contributed by atoms with van der Waals surface area (Å²) in [7, 11) is 0. The van der Waals surface area contributed by atoms with Crippen LogP contribution in [0.1, 0.15) is 65.2 Å². The first-order valence-corrected chi connectivity index (χ1v) is 7.33. The van der Waals surface area contributed by atoms with Gasteiger partial charge in [0, 0.05) is 0 Å². The Morgan fingerprint density at radius 3 is 1.25 bits per heavy atom. The van der Waals surface area contributed by atoms with Crippen LogP contribution in [0, 0.1) is 0 Å². The highest BCUT2D eigenvalue weighted by atomic mass is 14.8. The fraction of sp³-hybridized carbons (Fsp3) is 1.00. The number of hydrogen-bond donors (Lipinski definition) is 2. The second-order valence-corrected chi connectivity index (χ2v) is 4.62. The molecule has 0 saturated heterocycles. The molecule has 2 heteroatoms. The second-order valence-electron chi connectivity index (χ2n) is 4.62. The summed E-state index contributed by atoms with van der Waals surface area (Å²) in [5, 5.41) is 6.90. The van der Waals surface area contributed by atoms with Crippen molar-refractivity contribution in [3.8, 4) is 0 Å². The van der Waals surface area contributed by atoms with Crippen LogP contribution in [0.5, 0.6) is 0 Å². The van der Waals surface area contributed by atoms with Gasteiger partial charge in [0.15, 0.2) is 0 Å². The van der Waals surface area contributed by atoms with Gasteiger partial charge in [-0.2, -0.15) is 0 Å². The number of unbranched alkanes of at least 4 members (excludes halogenated alkanes) is 5. The summed E-state index contributed by atoms with van der Waals surface area (Å²) in [6, 6.07) is 0. The van der Waals surface area contributed by atoms with E-state index >= 15 is 0 Å². The summed E-state index contributed by atoms with van der Waals surface area (Å²) in [5.41, 5.74) is 0. The largest absolute Gasteiger partial charge is 0.317 e. The van der Waals surface area contributed by atoms with Gasteiger partial charge in [0.05, 0.1) is 0 Å². The zero-order valence-corrected chi connectivity index (χ0v) is 11.5. The summed E-state index contributed by atoms with van der Waals surface area (Å²) < 4.78 is 0. The van der Waals surface area contributed by atoms with Crippen molar-refractivity contribution in [3.63, 3.8) is 0 Å². The maximum absolute atomic E-state index is 3.45. The van der Waals surface area contributed by atoms with Gasteiger partial charge >= 0.3 is 0 Å². The quantitative estimate of drug-likeness (QED) is 0.473. The summed E-state index contributed by atoms with van der Waals surface area (Å²) in [6.45, 7) is 9.24. The van der Waals surface area contributed by atoms with E-state index in [-0.39, 0.29) is 0 Å². The lowest BCUT2D eigenvalue weighted by atomic mass is 10.1. The smallest absolute Gasteiger partial charge is 0.00489 e. The zero-order chi connectivity index (χ0) is 11.9. The molecule has 16 heavy (non-hydrogen) atoms. The highest BCUT2D eigenvalue weighted by Crippen LogP contribution is 2.04. The summed E-state index contributed by atoms with van der Waals surface area (Å²) in [6.07, 6.45) is 10.9. The summed E-state index contributed by atoms with van der Waals surface area (Å²) in [5.74, 6) is 0. The molecule has 0 rings (SSSR count). The van der Waals surface area contributed by atoms with Crippen LogP contribution in [0.4, 0.5) is 0 Å². The van der Waals surface area contributed by atoms with Crippen LogP contribution in [-0.4, -0.2) is 26.2 Å². The molecule has 0 aromatic heterocycles. The first kappa shape index (κ1) is 15.9. The van der Waals surface area contributed by atoms with Gasteiger partial charge in [-0.05, 0) is 51.9 Å². The van der Waals surface area contributed by atoms with Crippen LogP contribution in [0.15, 0.2) is 0 Å². The molecule has 0 amide bonds. The Morgan fingerprint density at radius 2 is 0.875 bits per heavy atom. The predicted molar refractivity (Wildman–Crippen MR) is 74.0 cm³/mol. The fourth-order valence-electron chi connectivity index (χ4n) is 1.81. The monoisotopic (exact) mass is 228 g/mol. The maximum atomic E-state index is 3.45. The van der Waals surface area contributed by atoms with E-state index in [1.165, 1.54) is 77.5 Å². The third kappa shape index (κ3) is 13.9. The van der Waals surface area contributed by atoms with Crippen molar-refractivity contribution in [2.45, 2.75) is 65.2 Å². The fourth-order valence-corrected chi connectivity index (χ4v) is 1.81. The van der Waals surface area contributed by atoms with Crippen molar-refractivity contribution in [2.24, 2.45) is 0 Å². The Morgan fingerprint density at radius 1 is 0.500 bits per heavy atom. The average molecular weight is 228 g/mol. The van der Waals surface area contributed by atoms with E-state index in [0.29, 0.717) is 0 Å². The topological polar surface area (TPSA) is 24.1 Å². The van der Waals surface area contributed by atoms with E-state index in [4.69, 9.17) is 0 Å². The molecule has 0 aromatic carbocycles. The predicted octanol–water partition coefficient (Wildman–Crippen LogP) is 3.33. The van der Waals surface area contributed by atoms with Gasteiger partial charge in [0.25, 0.3) is 0 Å². The maximum Gasteiger partial charge on any atom is -0.00489 e. The van der Waals surface area contributed by atoms with Crippen LogP contribution in [0.2, 0.25) is 0 Å². The van der Waals surface area contributed by atoms with Crippen molar-refractivity contribution in [2.75, 3.05) is 26.2 Å². The highest BCUT2D eigenvalue weighted by Gasteiger charge is 1.91. The van der Waals surface area contributed by atoms with E-state index in [1.807, 2.05) is 0 Å². The molecule has 2 N–H and O–H groups in total. The molecule has 98 valence electrons. The van der Waals surface area contributed by atoms with Crippen molar-refractivity contribution in [3.05, 3.63) is 0 Å². The first-order chi connectivity index (χ1) is 7.91. The molecule has 0 heterocycles. The van der Waals surface area contributed by atoms with Crippen molar-refractivity contribution in [1.82, 2.24) is 10.6 Å². The Balaban J connectivity index is 2.83. The van der Waals surface area contributed by atoms with Gasteiger partial charge in [-0.15, -0.1) is 0 Å². The molecular weight excluding hydrogens is 196 g/mol. The summed E-state index contributed by atoms with van der Waals surface area (Å²) >= 11 is 0. The van der Waals surface area contributed by atoms with Crippen LogP contribution >= 0.6 is 0 Å². The molecule has 0 saturated carbocycles. The molecule has 0 spiro atoms. The standard InChI is InChI=1S/C14H32N2/c1-3-11-15-13-9-7-5-6-8-10-14-16-12-4-2/h15-16H,3-14H2,1-2H3. The SMILES string of the molecule is CCCNCCCCCCCCNCCC. The third-order valence-electron chi connectivity index (χ3n) is 2.81. The van der Waals surface area contributed by atoms with Crippen LogP contribution < -0.4 is 10.6 Å². The molecule has 0 aliphatic heterocycles. The van der Waals surface area contributed by atoms with Gasteiger partial charge < -0.3 is 10.6 Å². The average Bonchev–Trinajstić information content (AvgIpc) is 2.31. The normalized spacial score (nSPS) is 10.9. The molecule has 0 aliphatic carbocycles. The van der Waals surface area contributed by atoms with E-state index < -0.39 is 0 Å². The molecule has 0 fully saturated rings.